The largest absolute Gasteiger partial charge is 0.462 e. The number of pyridine rings is 2. The molecule has 6 heteroatoms. The number of nitrogens with zero attached hydrogens (tertiary/aromatic N) is 2. The highest BCUT2D eigenvalue weighted by Crippen LogP contribution is 2.09. The number of rotatable bonds is 2. The summed E-state index contributed by atoms with van der Waals surface area (Å²) in [5.74, 6) is -0.771. The maximum absolute atomic E-state index is 11.7. The summed E-state index contributed by atoms with van der Waals surface area (Å²) in [5, 5.41) is 9.61. The lowest BCUT2D eigenvalue weighted by atomic mass is 10.2. The first-order valence-corrected chi connectivity index (χ1v) is 5.02. The van der Waals surface area contributed by atoms with Gasteiger partial charge in [0.25, 0.3) is 5.56 Å². The van der Waals surface area contributed by atoms with E-state index in [0.717, 1.165) is 0 Å². The number of carbonyl (C=O) groups excluding carboxylic acids is 1. The number of hydrogen-bond acceptors (Lipinski definition) is 5. The van der Waals surface area contributed by atoms with E-state index in [1.807, 2.05) is 0 Å². The van der Waals surface area contributed by atoms with Crippen LogP contribution >= 0.6 is 0 Å². The minimum Gasteiger partial charge on any atom is -0.462 e. The van der Waals surface area contributed by atoms with Crippen molar-refractivity contribution in [3.8, 4) is 0 Å². The normalized spacial score (nSPS) is 10.4. The van der Waals surface area contributed by atoms with Crippen molar-refractivity contribution < 1.29 is 14.7 Å². The van der Waals surface area contributed by atoms with Gasteiger partial charge in [0.2, 0.25) is 0 Å². The third-order valence-corrected chi connectivity index (χ3v) is 2.24. The molecule has 0 aliphatic carbocycles. The van der Waals surface area contributed by atoms with Gasteiger partial charge < -0.3 is 9.94 Å². The molecule has 0 radical (unpaired) electrons. The molecular formula is C11H10N2O4. The zero-order chi connectivity index (χ0) is 12.4. The van der Waals surface area contributed by atoms with Crippen molar-refractivity contribution in [1.82, 2.24) is 9.71 Å². The molecule has 0 fully saturated rings. The van der Waals surface area contributed by atoms with Crippen LogP contribution in [0, 0.1) is 0 Å². The quantitative estimate of drug-likeness (QED) is 0.614. The molecule has 0 saturated carbocycles. The van der Waals surface area contributed by atoms with E-state index in [9.17, 15) is 14.8 Å². The first-order chi connectivity index (χ1) is 8.15. The molecule has 2 heterocycles. The second-order valence-electron chi connectivity index (χ2n) is 3.30. The summed E-state index contributed by atoms with van der Waals surface area (Å²) in [6.07, 6.45) is 1.50. The van der Waals surface area contributed by atoms with E-state index in [0.29, 0.717) is 10.2 Å². The van der Waals surface area contributed by atoms with E-state index in [1.165, 1.54) is 18.3 Å². The van der Waals surface area contributed by atoms with Crippen LogP contribution in [0.1, 0.15) is 17.3 Å². The van der Waals surface area contributed by atoms with Crippen molar-refractivity contribution in [2.75, 3.05) is 6.61 Å². The number of ether oxygens (including phenoxy) is 1. The molecular weight excluding hydrogens is 224 g/mol. The Bertz CT molecular complexity index is 633. The van der Waals surface area contributed by atoms with E-state index in [4.69, 9.17) is 4.74 Å². The number of esters is 1. The Kier molecular flexibility index (Phi) is 2.78. The van der Waals surface area contributed by atoms with Crippen LogP contribution in [0.2, 0.25) is 0 Å². The first kappa shape index (κ1) is 11.1. The average molecular weight is 234 g/mol. The van der Waals surface area contributed by atoms with Crippen molar-refractivity contribution in [2.24, 2.45) is 0 Å². The van der Waals surface area contributed by atoms with Crippen LogP contribution < -0.4 is 5.56 Å². The summed E-state index contributed by atoms with van der Waals surface area (Å²) < 4.78 is 5.12. The van der Waals surface area contributed by atoms with Gasteiger partial charge in [0.1, 0.15) is 11.1 Å². The third kappa shape index (κ3) is 1.84. The summed E-state index contributed by atoms with van der Waals surface area (Å²) in [6.45, 7) is 1.79. The fourth-order valence-electron chi connectivity index (χ4n) is 1.48. The van der Waals surface area contributed by atoms with Crippen molar-refractivity contribution >= 4 is 17.0 Å². The maximum Gasteiger partial charge on any atom is 0.343 e. The Labute approximate surface area is 96.0 Å². The molecule has 2 aromatic rings. The number of hydrogen-bond donors (Lipinski definition) is 1. The molecule has 0 amide bonds. The Morgan fingerprint density at radius 3 is 3.06 bits per heavy atom. The Hall–Kier alpha value is -2.37. The molecule has 0 spiro atoms. The van der Waals surface area contributed by atoms with Crippen molar-refractivity contribution in [3.05, 3.63) is 40.3 Å². The van der Waals surface area contributed by atoms with Crippen molar-refractivity contribution in [2.45, 2.75) is 6.92 Å². The highest BCUT2D eigenvalue weighted by molar-refractivity contribution is 5.92. The van der Waals surface area contributed by atoms with Crippen molar-refractivity contribution in [3.63, 3.8) is 0 Å². The highest BCUT2D eigenvalue weighted by atomic mass is 16.5. The molecule has 2 rings (SSSR count). The van der Waals surface area contributed by atoms with Gasteiger partial charge in [-0.05, 0) is 25.1 Å². The van der Waals surface area contributed by atoms with Gasteiger partial charge in [-0.15, -0.1) is 4.73 Å². The van der Waals surface area contributed by atoms with E-state index in [-0.39, 0.29) is 17.7 Å². The lowest BCUT2D eigenvalue weighted by Crippen LogP contribution is -2.26. The van der Waals surface area contributed by atoms with E-state index >= 15 is 0 Å². The van der Waals surface area contributed by atoms with Crippen LogP contribution in [-0.2, 0) is 4.74 Å². The van der Waals surface area contributed by atoms with Gasteiger partial charge in [-0.2, -0.15) is 0 Å². The summed E-state index contributed by atoms with van der Waals surface area (Å²) in [7, 11) is 0. The maximum atomic E-state index is 11.7. The van der Waals surface area contributed by atoms with Gasteiger partial charge in [-0.3, -0.25) is 9.78 Å². The first-order valence-electron chi connectivity index (χ1n) is 5.02. The second-order valence-corrected chi connectivity index (χ2v) is 3.30. The molecule has 0 aliphatic heterocycles. The molecule has 2 aromatic heterocycles. The lowest BCUT2D eigenvalue weighted by molar-refractivity contribution is 0.0519. The Morgan fingerprint density at radius 2 is 2.35 bits per heavy atom. The minimum atomic E-state index is -0.816. The lowest BCUT2D eigenvalue weighted by Gasteiger charge is -2.05. The zero-order valence-electron chi connectivity index (χ0n) is 9.08. The molecule has 0 atom stereocenters. The van der Waals surface area contributed by atoms with E-state index in [1.54, 1.807) is 13.0 Å². The summed E-state index contributed by atoms with van der Waals surface area (Å²) >= 11 is 0. The molecule has 0 bridgehead atoms. The van der Waals surface area contributed by atoms with Crippen LogP contribution in [0.15, 0.2) is 29.2 Å². The SMILES string of the molecule is CCOC(=O)c1cc2ncccc2n(O)c1=O. The molecule has 0 aliphatic rings. The second kappa shape index (κ2) is 4.25. The monoisotopic (exact) mass is 234 g/mol. The molecule has 88 valence electrons. The third-order valence-electron chi connectivity index (χ3n) is 2.24. The Morgan fingerprint density at radius 1 is 1.59 bits per heavy atom. The van der Waals surface area contributed by atoms with Gasteiger partial charge in [0.05, 0.1) is 12.1 Å². The summed E-state index contributed by atoms with van der Waals surface area (Å²) in [4.78, 5) is 27.1. The van der Waals surface area contributed by atoms with Crippen LogP contribution in [0.4, 0.5) is 0 Å². The van der Waals surface area contributed by atoms with Gasteiger partial charge in [-0.25, -0.2) is 4.79 Å². The van der Waals surface area contributed by atoms with Gasteiger partial charge in [0.15, 0.2) is 0 Å². The standard InChI is InChI=1S/C11H10N2O4/c1-2-17-11(15)7-6-8-9(4-3-5-12-8)13(16)10(7)14/h3-6,16H,2H2,1H3. The fourth-order valence-corrected chi connectivity index (χ4v) is 1.48. The van der Waals surface area contributed by atoms with Crippen LogP contribution in [-0.4, -0.2) is 27.5 Å². The molecule has 1 N–H and O–H groups in total. The molecule has 0 aromatic carbocycles. The van der Waals surface area contributed by atoms with Gasteiger partial charge >= 0.3 is 5.97 Å². The van der Waals surface area contributed by atoms with Crippen LogP contribution in [0.3, 0.4) is 0 Å². The predicted molar refractivity (Wildman–Crippen MR) is 59.1 cm³/mol. The number of fused-ring (bicyclic) bond motifs is 1. The summed E-state index contributed by atoms with van der Waals surface area (Å²) in [6, 6.07) is 4.42. The number of carbonyl (C=O) groups is 1. The number of aromatic nitrogens is 2. The predicted octanol–water partition coefficient (Wildman–Crippen LogP) is 0.810. The van der Waals surface area contributed by atoms with E-state index < -0.39 is 11.5 Å². The molecule has 0 unspecified atom stereocenters. The van der Waals surface area contributed by atoms with Gasteiger partial charge in [0, 0.05) is 6.20 Å². The van der Waals surface area contributed by atoms with Gasteiger partial charge in [-0.1, -0.05) is 0 Å². The highest BCUT2D eigenvalue weighted by Gasteiger charge is 2.16. The average Bonchev–Trinajstić information content (AvgIpc) is 2.34. The minimum absolute atomic E-state index is 0.157. The van der Waals surface area contributed by atoms with E-state index in [2.05, 4.69) is 4.98 Å². The molecule has 17 heavy (non-hydrogen) atoms. The topological polar surface area (TPSA) is 81.4 Å². The zero-order valence-corrected chi connectivity index (χ0v) is 9.08. The molecule has 0 saturated heterocycles. The smallest absolute Gasteiger partial charge is 0.343 e. The van der Waals surface area contributed by atoms with Crippen molar-refractivity contribution in [1.29, 1.82) is 0 Å². The fraction of sp³-hybridized carbons (Fsp3) is 0.182. The van der Waals surface area contributed by atoms with Crippen LogP contribution in [0.25, 0.3) is 11.0 Å². The summed E-state index contributed by atoms with van der Waals surface area (Å²) in [5.41, 5.74) is -0.465. The molecule has 6 nitrogen and oxygen atoms in total. The Balaban J connectivity index is 2.70. The van der Waals surface area contributed by atoms with Crippen LogP contribution in [0.5, 0.6) is 0 Å².